The molecule has 0 saturated carbocycles. The van der Waals surface area contributed by atoms with Crippen LogP contribution >= 0.6 is 15.9 Å². The molecule has 0 heterocycles. The number of hydrazone groups is 1. The maximum absolute atomic E-state index is 11.8. The van der Waals surface area contributed by atoms with Crippen molar-refractivity contribution >= 4 is 33.7 Å². The number of nitro groups is 1. The average Bonchev–Trinajstić information content (AvgIpc) is 2.55. The number of hydrogen-bond acceptors (Lipinski definition) is 6. The lowest BCUT2D eigenvalue weighted by Gasteiger charge is -2.07. The van der Waals surface area contributed by atoms with Gasteiger partial charge in [0.05, 0.1) is 15.6 Å². The molecule has 0 radical (unpaired) electrons. The lowest BCUT2D eigenvalue weighted by molar-refractivity contribution is -0.385. The number of aromatic hydroxyl groups is 1. The van der Waals surface area contributed by atoms with Crippen molar-refractivity contribution in [2.75, 3.05) is 6.61 Å². The number of nitro benzene ring substituents is 1. The van der Waals surface area contributed by atoms with Gasteiger partial charge in [-0.15, -0.1) is 0 Å². The maximum Gasteiger partial charge on any atom is 0.277 e. The average molecular weight is 422 g/mol. The minimum Gasteiger partial charge on any atom is -0.506 e. The smallest absolute Gasteiger partial charge is 0.277 e. The fourth-order valence-corrected chi connectivity index (χ4v) is 2.64. The molecule has 0 aliphatic carbocycles. The van der Waals surface area contributed by atoms with Crippen LogP contribution in [0.3, 0.4) is 0 Å². The molecule has 9 heteroatoms. The molecule has 2 N–H and O–H groups in total. The third-order valence-electron chi connectivity index (χ3n) is 3.25. The number of non-ortho nitro benzene ring substituents is 1. The maximum atomic E-state index is 11.8. The molecule has 0 atom stereocenters. The molecule has 0 aliphatic rings. The Labute approximate surface area is 157 Å². The van der Waals surface area contributed by atoms with Gasteiger partial charge in [-0.1, -0.05) is 6.07 Å². The van der Waals surface area contributed by atoms with Crippen molar-refractivity contribution < 1.29 is 19.6 Å². The number of rotatable bonds is 6. The number of nitrogens with one attached hydrogen (secondary N) is 1. The Morgan fingerprint density at radius 1 is 1.31 bits per heavy atom. The van der Waals surface area contributed by atoms with Crippen molar-refractivity contribution in [2.45, 2.75) is 13.8 Å². The first-order valence-corrected chi connectivity index (χ1v) is 8.25. The first-order valence-electron chi connectivity index (χ1n) is 7.46. The SMILES string of the molecule is Cc1cc(C)cc(OCC(=O)N/N=C/c2cc([N+](=O)[O-])cc(Br)c2O)c1. The second-order valence-electron chi connectivity index (χ2n) is 5.53. The molecule has 2 rings (SSSR count). The van der Waals surface area contributed by atoms with Crippen LogP contribution in [0, 0.1) is 24.0 Å². The Morgan fingerprint density at radius 3 is 2.58 bits per heavy atom. The predicted octanol–water partition coefficient (Wildman–Crippen LogP) is 3.21. The van der Waals surface area contributed by atoms with Gasteiger partial charge in [0.1, 0.15) is 11.5 Å². The van der Waals surface area contributed by atoms with Crippen LogP contribution in [-0.2, 0) is 4.79 Å². The Morgan fingerprint density at radius 2 is 1.96 bits per heavy atom. The van der Waals surface area contributed by atoms with Gasteiger partial charge in [0.25, 0.3) is 11.6 Å². The number of amides is 1. The zero-order chi connectivity index (χ0) is 19.3. The number of carbonyl (C=O) groups excluding carboxylic acids is 1. The Balaban J connectivity index is 1.97. The van der Waals surface area contributed by atoms with Gasteiger partial charge < -0.3 is 9.84 Å². The van der Waals surface area contributed by atoms with Crippen LogP contribution < -0.4 is 10.2 Å². The van der Waals surface area contributed by atoms with Crippen LogP contribution in [0.5, 0.6) is 11.5 Å². The number of phenols is 1. The minimum absolute atomic E-state index is 0.0848. The highest BCUT2D eigenvalue weighted by atomic mass is 79.9. The molecule has 0 saturated heterocycles. The molecule has 0 spiro atoms. The minimum atomic E-state index is -0.599. The summed E-state index contributed by atoms with van der Waals surface area (Å²) in [6.45, 7) is 3.60. The van der Waals surface area contributed by atoms with Gasteiger partial charge >= 0.3 is 0 Å². The fraction of sp³-hybridized carbons (Fsp3) is 0.176. The van der Waals surface area contributed by atoms with Crippen molar-refractivity contribution in [2.24, 2.45) is 5.10 Å². The van der Waals surface area contributed by atoms with Crippen molar-refractivity contribution in [1.82, 2.24) is 5.43 Å². The normalized spacial score (nSPS) is 10.7. The lowest BCUT2D eigenvalue weighted by Crippen LogP contribution is -2.24. The number of aryl methyl sites for hydroxylation is 2. The van der Waals surface area contributed by atoms with E-state index in [0.29, 0.717) is 5.75 Å². The number of benzene rings is 2. The van der Waals surface area contributed by atoms with Gasteiger partial charge in [-0.2, -0.15) is 5.10 Å². The quantitative estimate of drug-likeness (QED) is 0.422. The van der Waals surface area contributed by atoms with Gasteiger partial charge in [-0.3, -0.25) is 14.9 Å². The molecule has 1 amide bonds. The van der Waals surface area contributed by atoms with E-state index in [1.165, 1.54) is 6.07 Å². The van der Waals surface area contributed by atoms with Crippen molar-refractivity contribution in [3.8, 4) is 11.5 Å². The van der Waals surface area contributed by atoms with Crippen LogP contribution in [-0.4, -0.2) is 28.8 Å². The zero-order valence-electron chi connectivity index (χ0n) is 14.0. The highest BCUT2D eigenvalue weighted by Crippen LogP contribution is 2.31. The molecular weight excluding hydrogens is 406 g/mol. The van der Waals surface area contributed by atoms with E-state index in [0.717, 1.165) is 23.4 Å². The molecule has 2 aromatic rings. The van der Waals surface area contributed by atoms with Gasteiger partial charge in [-0.05, 0) is 53.0 Å². The van der Waals surface area contributed by atoms with Gasteiger partial charge in [0, 0.05) is 17.7 Å². The van der Waals surface area contributed by atoms with Crippen LogP contribution in [0.1, 0.15) is 16.7 Å². The monoisotopic (exact) mass is 421 g/mol. The topological polar surface area (TPSA) is 114 Å². The number of phenolic OH excluding ortho intramolecular Hbond substituents is 1. The summed E-state index contributed by atoms with van der Waals surface area (Å²) < 4.78 is 5.54. The van der Waals surface area contributed by atoms with E-state index >= 15 is 0 Å². The van der Waals surface area contributed by atoms with E-state index in [2.05, 4.69) is 26.5 Å². The second-order valence-corrected chi connectivity index (χ2v) is 6.38. The molecule has 136 valence electrons. The molecule has 2 aromatic carbocycles. The molecule has 0 aromatic heterocycles. The zero-order valence-corrected chi connectivity index (χ0v) is 15.6. The second kappa shape index (κ2) is 8.43. The number of nitrogens with zero attached hydrogens (tertiary/aromatic N) is 2. The number of ether oxygens (including phenoxy) is 1. The summed E-state index contributed by atoms with van der Waals surface area (Å²) in [4.78, 5) is 22.0. The number of carbonyl (C=O) groups is 1. The molecule has 0 unspecified atom stereocenters. The number of hydrogen-bond donors (Lipinski definition) is 2. The van der Waals surface area contributed by atoms with Crippen LogP contribution in [0.25, 0.3) is 0 Å². The van der Waals surface area contributed by atoms with E-state index in [-0.39, 0.29) is 28.1 Å². The molecular formula is C17H16BrN3O5. The van der Waals surface area contributed by atoms with Crippen molar-refractivity contribution in [3.63, 3.8) is 0 Å². The summed E-state index contributed by atoms with van der Waals surface area (Å²) in [7, 11) is 0. The Hall–Kier alpha value is -2.94. The Kier molecular flexibility index (Phi) is 6.29. The molecule has 0 bridgehead atoms. The summed E-state index contributed by atoms with van der Waals surface area (Å²) >= 11 is 3.02. The Bertz CT molecular complexity index is 863. The van der Waals surface area contributed by atoms with Gasteiger partial charge in [0.15, 0.2) is 6.61 Å². The summed E-state index contributed by atoms with van der Waals surface area (Å²) in [5.41, 5.74) is 4.14. The van der Waals surface area contributed by atoms with Crippen LogP contribution in [0.15, 0.2) is 39.9 Å². The summed E-state index contributed by atoms with van der Waals surface area (Å²) in [6.07, 6.45) is 1.11. The van der Waals surface area contributed by atoms with Gasteiger partial charge in [0.2, 0.25) is 0 Å². The van der Waals surface area contributed by atoms with Gasteiger partial charge in [-0.25, -0.2) is 5.43 Å². The highest BCUT2D eigenvalue weighted by Gasteiger charge is 2.13. The van der Waals surface area contributed by atoms with E-state index < -0.39 is 10.8 Å². The number of halogens is 1. The summed E-state index contributed by atoms with van der Waals surface area (Å²) in [5, 5.41) is 24.4. The van der Waals surface area contributed by atoms with E-state index in [9.17, 15) is 20.0 Å². The highest BCUT2D eigenvalue weighted by molar-refractivity contribution is 9.10. The molecule has 8 nitrogen and oxygen atoms in total. The van der Waals surface area contributed by atoms with Crippen LogP contribution in [0.4, 0.5) is 5.69 Å². The largest absolute Gasteiger partial charge is 0.506 e. The van der Waals surface area contributed by atoms with Crippen LogP contribution in [0.2, 0.25) is 0 Å². The fourth-order valence-electron chi connectivity index (χ4n) is 2.18. The van der Waals surface area contributed by atoms with Crippen molar-refractivity contribution in [1.29, 1.82) is 0 Å². The van der Waals surface area contributed by atoms with E-state index in [4.69, 9.17) is 4.74 Å². The molecule has 0 fully saturated rings. The first kappa shape index (κ1) is 19.4. The predicted molar refractivity (Wildman–Crippen MR) is 99.6 cm³/mol. The van der Waals surface area contributed by atoms with Crippen molar-refractivity contribution in [3.05, 3.63) is 61.6 Å². The lowest BCUT2D eigenvalue weighted by atomic mass is 10.1. The third kappa shape index (κ3) is 5.28. The van der Waals surface area contributed by atoms with E-state index in [1.807, 2.05) is 32.0 Å². The summed E-state index contributed by atoms with van der Waals surface area (Å²) in [5.74, 6) is -0.161. The third-order valence-corrected chi connectivity index (χ3v) is 3.85. The molecule has 0 aliphatic heterocycles. The molecule has 26 heavy (non-hydrogen) atoms. The standard InChI is InChI=1S/C17H16BrN3O5/c1-10-3-11(2)5-14(4-10)26-9-16(22)20-19-8-12-6-13(21(24)25)7-15(18)17(12)23/h3-8,23H,9H2,1-2H3,(H,20,22)/b19-8+. The first-order chi connectivity index (χ1) is 12.3. The summed E-state index contributed by atoms with van der Waals surface area (Å²) in [6, 6.07) is 7.91. The van der Waals surface area contributed by atoms with E-state index in [1.54, 1.807) is 0 Å².